The summed E-state index contributed by atoms with van der Waals surface area (Å²) in [6.45, 7) is 0. The second-order valence-corrected chi connectivity index (χ2v) is 3.26. The van der Waals surface area contributed by atoms with Gasteiger partial charge in [-0.15, -0.1) is 0 Å². The highest BCUT2D eigenvalue weighted by Gasteiger charge is 2.40. The van der Waals surface area contributed by atoms with E-state index in [-0.39, 0.29) is 0 Å². The Labute approximate surface area is 80.5 Å². The lowest BCUT2D eigenvalue weighted by Gasteiger charge is -2.13. The van der Waals surface area contributed by atoms with Crippen molar-refractivity contribution in [3.05, 3.63) is 28.5 Å². The maximum Gasteiger partial charge on any atom is 0.420 e. The van der Waals surface area contributed by atoms with Gasteiger partial charge in [-0.2, -0.15) is 13.2 Å². The number of nitrogens with zero attached hydrogens (tertiary/aromatic N) is 1. The van der Waals surface area contributed by atoms with Crippen LogP contribution in [-0.4, -0.2) is 16.3 Å². The SMILES string of the molecule is O[C@H](c1ccc(Br)cn1)C(F)(F)F. The van der Waals surface area contributed by atoms with Gasteiger partial charge in [-0.3, -0.25) is 4.98 Å². The normalized spacial score (nSPS) is 14.2. The number of aliphatic hydroxyl groups is 1. The fraction of sp³-hybridized carbons (Fsp3) is 0.286. The Bertz CT molecular complexity index is 285. The zero-order valence-corrected chi connectivity index (χ0v) is 7.80. The summed E-state index contributed by atoms with van der Waals surface area (Å²) in [6.07, 6.45) is -5.98. The van der Waals surface area contributed by atoms with Gasteiger partial charge in [0.15, 0.2) is 6.10 Å². The van der Waals surface area contributed by atoms with Crippen molar-refractivity contribution in [1.82, 2.24) is 4.98 Å². The lowest BCUT2D eigenvalue weighted by Crippen LogP contribution is -2.21. The number of halogens is 4. The molecule has 1 N–H and O–H groups in total. The summed E-state index contributed by atoms with van der Waals surface area (Å²) in [5.41, 5.74) is -0.407. The van der Waals surface area contributed by atoms with Crippen LogP contribution < -0.4 is 0 Å². The minimum absolute atomic E-state index is 0.407. The Kier molecular flexibility index (Phi) is 2.92. The summed E-state index contributed by atoms with van der Waals surface area (Å²) < 4.78 is 36.4. The molecular weight excluding hydrogens is 251 g/mol. The first kappa shape index (κ1) is 10.5. The molecule has 1 rings (SSSR count). The van der Waals surface area contributed by atoms with Gasteiger partial charge in [-0.1, -0.05) is 0 Å². The third-order valence-corrected chi connectivity index (χ3v) is 1.81. The maximum absolute atomic E-state index is 11.9. The van der Waals surface area contributed by atoms with Crippen LogP contribution in [0.15, 0.2) is 22.8 Å². The summed E-state index contributed by atoms with van der Waals surface area (Å²) >= 11 is 3.02. The Morgan fingerprint density at radius 3 is 2.38 bits per heavy atom. The fourth-order valence-corrected chi connectivity index (χ4v) is 0.951. The van der Waals surface area contributed by atoms with Crippen LogP contribution in [-0.2, 0) is 0 Å². The predicted octanol–water partition coefficient (Wildman–Crippen LogP) is 2.44. The van der Waals surface area contributed by atoms with Gasteiger partial charge >= 0.3 is 6.18 Å². The molecule has 0 unspecified atom stereocenters. The minimum atomic E-state index is -4.67. The number of hydrogen-bond acceptors (Lipinski definition) is 2. The maximum atomic E-state index is 11.9. The van der Waals surface area contributed by atoms with E-state index in [2.05, 4.69) is 20.9 Å². The van der Waals surface area contributed by atoms with Gasteiger partial charge in [-0.05, 0) is 28.1 Å². The quantitative estimate of drug-likeness (QED) is 0.837. The molecule has 0 aliphatic heterocycles. The molecule has 1 heterocycles. The second-order valence-electron chi connectivity index (χ2n) is 2.35. The van der Waals surface area contributed by atoms with Crippen molar-refractivity contribution in [2.45, 2.75) is 12.3 Å². The standard InChI is InChI=1S/C7H5BrF3NO/c8-4-1-2-5(12-3-4)6(13)7(9,10)11/h1-3,6,13H/t6-/m1/s1. The number of aromatic nitrogens is 1. The third kappa shape index (κ3) is 2.67. The first-order valence-corrected chi connectivity index (χ1v) is 4.07. The number of hydrogen-bond donors (Lipinski definition) is 1. The molecular formula is C7H5BrF3NO. The van der Waals surface area contributed by atoms with Crippen molar-refractivity contribution >= 4 is 15.9 Å². The molecule has 0 amide bonds. The Morgan fingerprint density at radius 1 is 1.38 bits per heavy atom. The molecule has 0 saturated heterocycles. The number of pyridine rings is 1. The van der Waals surface area contributed by atoms with Crippen molar-refractivity contribution in [2.24, 2.45) is 0 Å². The first-order chi connectivity index (χ1) is 5.91. The zero-order chi connectivity index (χ0) is 10.1. The number of alkyl halides is 3. The minimum Gasteiger partial charge on any atom is -0.378 e. The van der Waals surface area contributed by atoms with Gasteiger partial charge in [-0.25, -0.2) is 0 Å². The van der Waals surface area contributed by atoms with Crippen LogP contribution in [0.3, 0.4) is 0 Å². The van der Waals surface area contributed by atoms with Crippen molar-refractivity contribution in [1.29, 1.82) is 0 Å². The van der Waals surface area contributed by atoms with Gasteiger partial charge in [0, 0.05) is 10.7 Å². The topological polar surface area (TPSA) is 33.1 Å². The van der Waals surface area contributed by atoms with Crippen molar-refractivity contribution < 1.29 is 18.3 Å². The lowest BCUT2D eigenvalue weighted by atomic mass is 10.2. The van der Waals surface area contributed by atoms with Gasteiger partial charge in [0.2, 0.25) is 0 Å². The molecule has 0 bridgehead atoms. The van der Waals surface area contributed by atoms with Crippen LogP contribution in [0.2, 0.25) is 0 Å². The molecule has 0 aliphatic rings. The monoisotopic (exact) mass is 255 g/mol. The molecule has 6 heteroatoms. The van der Waals surface area contributed by atoms with Crippen LogP contribution >= 0.6 is 15.9 Å². The van der Waals surface area contributed by atoms with Gasteiger partial charge in [0.05, 0.1) is 5.69 Å². The van der Waals surface area contributed by atoms with E-state index in [1.807, 2.05) is 0 Å². The molecule has 0 spiro atoms. The van der Waals surface area contributed by atoms with E-state index in [0.717, 1.165) is 6.07 Å². The van der Waals surface area contributed by atoms with Crippen molar-refractivity contribution in [3.63, 3.8) is 0 Å². The Balaban J connectivity index is 2.90. The molecule has 1 aromatic rings. The molecule has 0 fully saturated rings. The smallest absolute Gasteiger partial charge is 0.378 e. The highest BCUT2D eigenvalue weighted by molar-refractivity contribution is 9.10. The second kappa shape index (κ2) is 3.63. The van der Waals surface area contributed by atoms with Crippen LogP contribution in [0.1, 0.15) is 11.8 Å². The fourth-order valence-electron chi connectivity index (χ4n) is 0.717. The van der Waals surface area contributed by atoms with E-state index in [4.69, 9.17) is 5.11 Å². The van der Waals surface area contributed by atoms with Gasteiger partial charge in [0.1, 0.15) is 0 Å². The molecule has 1 aromatic heterocycles. The van der Waals surface area contributed by atoms with E-state index in [0.29, 0.717) is 4.47 Å². The van der Waals surface area contributed by atoms with Crippen molar-refractivity contribution in [3.8, 4) is 0 Å². The van der Waals surface area contributed by atoms with E-state index in [1.165, 1.54) is 12.3 Å². The van der Waals surface area contributed by atoms with Crippen LogP contribution in [0, 0.1) is 0 Å². The Hall–Kier alpha value is -0.620. The highest BCUT2D eigenvalue weighted by Crippen LogP contribution is 2.31. The van der Waals surface area contributed by atoms with E-state index >= 15 is 0 Å². The van der Waals surface area contributed by atoms with Crippen LogP contribution in [0.4, 0.5) is 13.2 Å². The summed E-state index contributed by atoms with van der Waals surface area (Å²) in [5.74, 6) is 0. The zero-order valence-electron chi connectivity index (χ0n) is 6.22. The van der Waals surface area contributed by atoms with Gasteiger partial charge < -0.3 is 5.11 Å². The average molecular weight is 256 g/mol. The molecule has 2 nitrogen and oxygen atoms in total. The highest BCUT2D eigenvalue weighted by atomic mass is 79.9. The molecule has 0 aliphatic carbocycles. The molecule has 0 radical (unpaired) electrons. The molecule has 13 heavy (non-hydrogen) atoms. The van der Waals surface area contributed by atoms with E-state index in [9.17, 15) is 13.2 Å². The summed E-state index contributed by atoms with van der Waals surface area (Å²) in [5, 5.41) is 8.75. The first-order valence-electron chi connectivity index (χ1n) is 3.27. The molecule has 0 aromatic carbocycles. The van der Waals surface area contributed by atoms with E-state index in [1.54, 1.807) is 0 Å². The average Bonchev–Trinajstić information content (AvgIpc) is 2.03. The molecule has 1 atom stereocenters. The Morgan fingerprint density at radius 2 is 2.00 bits per heavy atom. The summed E-state index contributed by atoms with van der Waals surface area (Å²) in [6, 6.07) is 2.50. The predicted molar refractivity (Wildman–Crippen MR) is 43.0 cm³/mol. The molecule has 72 valence electrons. The summed E-state index contributed by atoms with van der Waals surface area (Å²) in [4.78, 5) is 3.43. The van der Waals surface area contributed by atoms with Crippen LogP contribution in [0.5, 0.6) is 0 Å². The number of aliphatic hydroxyl groups excluding tert-OH is 1. The lowest BCUT2D eigenvalue weighted by molar-refractivity contribution is -0.207. The molecule has 0 saturated carbocycles. The van der Waals surface area contributed by atoms with E-state index < -0.39 is 18.0 Å². The van der Waals surface area contributed by atoms with Crippen LogP contribution in [0.25, 0.3) is 0 Å². The third-order valence-electron chi connectivity index (χ3n) is 1.34. The van der Waals surface area contributed by atoms with Crippen molar-refractivity contribution in [2.75, 3.05) is 0 Å². The van der Waals surface area contributed by atoms with Gasteiger partial charge in [0.25, 0.3) is 0 Å². The summed E-state index contributed by atoms with van der Waals surface area (Å²) in [7, 11) is 0. The number of rotatable bonds is 1. The largest absolute Gasteiger partial charge is 0.420 e.